The third-order valence-electron chi connectivity index (χ3n) is 6.28. The van der Waals surface area contributed by atoms with Crippen molar-refractivity contribution in [3.8, 4) is 0 Å². The van der Waals surface area contributed by atoms with E-state index >= 15 is 0 Å². The Morgan fingerprint density at radius 1 is 0.889 bits per heavy atom. The lowest BCUT2D eigenvalue weighted by Crippen LogP contribution is -2.48. The van der Waals surface area contributed by atoms with Crippen LogP contribution in [0.4, 0.5) is 0 Å². The van der Waals surface area contributed by atoms with Crippen LogP contribution in [0.15, 0.2) is 0 Å². The summed E-state index contributed by atoms with van der Waals surface area (Å²) in [5.74, 6) is 2.59. The second kappa shape index (κ2) is 5.13. The fraction of sp³-hybridized carbons (Fsp3) is 1.00. The molecule has 2 aliphatic heterocycles. The maximum atomic E-state index is 6.65. The molecule has 0 spiro atoms. The van der Waals surface area contributed by atoms with Crippen LogP contribution in [0.3, 0.4) is 0 Å². The third-order valence-corrected chi connectivity index (χ3v) is 6.28. The first-order valence-corrected chi connectivity index (χ1v) is 8.12. The van der Waals surface area contributed by atoms with Crippen LogP contribution in [0, 0.1) is 17.8 Å². The summed E-state index contributed by atoms with van der Waals surface area (Å²) >= 11 is 0. The Kier molecular flexibility index (Phi) is 3.68. The van der Waals surface area contributed by atoms with Crippen molar-refractivity contribution in [1.82, 2.24) is 4.90 Å². The van der Waals surface area contributed by atoms with Gasteiger partial charge in [-0.1, -0.05) is 19.8 Å². The Balaban J connectivity index is 1.58. The van der Waals surface area contributed by atoms with E-state index < -0.39 is 0 Å². The molecular weight excluding hydrogens is 220 g/mol. The first-order chi connectivity index (χ1) is 8.65. The Hall–Kier alpha value is -0.0800. The lowest BCUT2D eigenvalue weighted by atomic mass is 9.73. The van der Waals surface area contributed by atoms with Crippen molar-refractivity contribution in [3.05, 3.63) is 0 Å². The standard InChI is InChI=1S/C16H30N2/c1-11-3-5-12(6-4-11)16(17)13-9-14-7-8-15(10-13)18(14)2/h11-16H,3-10,17H2,1-2H3. The molecule has 2 saturated heterocycles. The quantitative estimate of drug-likeness (QED) is 0.816. The Morgan fingerprint density at radius 3 is 2.00 bits per heavy atom. The molecule has 2 heterocycles. The molecule has 3 rings (SSSR count). The molecule has 1 saturated carbocycles. The zero-order chi connectivity index (χ0) is 12.7. The van der Waals surface area contributed by atoms with E-state index in [0.717, 1.165) is 29.8 Å². The summed E-state index contributed by atoms with van der Waals surface area (Å²) < 4.78 is 0. The normalized spacial score (nSPS) is 47.2. The fourth-order valence-corrected chi connectivity index (χ4v) is 4.82. The summed E-state index contributed by atoms with van der Waals surface area (Å²) in [6, 6.07) is 2.19. The highest BCUT2D eigenvalue weighted by Gasteiger charge is 2.41. The highest BCUT2D eigenvalue weighted by atomic mass is 15.2. The van der Waals surface area contributed by atoms with E-state index in [2.05, 4.69) is 18.9 Å². The molecule has 2 N–H and O–H groups in total. The molecule has 18 heavy (non-hydrogen) atoms. The number of nitrogens with zero attached hydrogens (tertiary/aromatic N) is 1. The summed E-state index contributed by atoms with van der Waals surface area (Å²) in [4.78, 5) is 2.63. The van der Waals surface area contributed by atoms with Crippen LogP contribution >= 0.6 is 0 Å². The fourth-order valence-electron chi connectivity index (χ4n) is 4.82. The lowest BCUT2D eigenvalue weighted by Gasteiger charge is -2.42. The van der Waals surface area contributed by atoms with Gasteiger partial charge in [0.1, 0.15) is 0 Å². The number of nitrogens with two attached hydrogens (primary N) is 1. The van der Waals surface area contributed by atoms with Crippen LogP contribution in [-0.4, -0.2) is 30.1 Å². The van der Waals surface area contributed by atoms with Gasteiger partial charge in [-0.2, -0.15) is 0 Å². The summed E-state index contributed by atoms with van der Waals surface area (Å²) in [5, 5.41) is 0. The minimum atomic E-state index is 0.495. The molecule has 0 radical (unpaired) electrons. The van der Waals surface area contributed by atoms with E-state index in [1.54, 1.807) is 0 Å². The number of hydrogen-bond donors (Lipinski definition) is 1. The van der Waals surface area contributed by atoms with Gasteiger partial charge in [-0.25, -0.2) is 0 Å². The van der Waals surface area contributed by atoms with Crippen molar-refractivity contribution in [3.63, 3.8) is 0 Å². The first-order valence-electron chi connectivity index (χ1n) is 8.12. The molecule has 3 atom stereocenters. The third kappa shape index (κ3) is 2.34. The number of hydrogen-bond acceptors (Lipinski definition) is 2. The molecule has 3 aliphatic rings. The SMILES string of the molecule is CC1CCC(C(N)C2CC3CCC(C2)N3C)CC1. The van der Waals surface area contributed by atoms with Gasteiger partial charge in [0.05, 0.1) is 0 Å². The molecule has 104 valence electrons. The van der Waals surface area contributed by atoms with Crippen molar-refractivity contribution in [1.29, 1.82) is 0 Å². The minimum Gasteiger partial charge on any atom is -0.327 e. The Morgan fingerprint density at radius 2 is 1.44 bits per heavy atom. The average molecular weight is 250 g/mol. The number of fused-ring (bicyclic) bond motifs is 2. The molecule has 0 aromatic rings. The van der Waals surface area contributed by atoms with Crippen LogP contribution in [0.5, 0.6) is 0 Å². The number of piperidine rings is 1. The summed E-state index contributed by atoms with van der Waals surface area (Å²) in [5.41, 5.74) is 6.65. The second-order valence-electron chi connectivity index (χ2n) is 7.38. The van der Waals surface area contributed by atoms with Gasteiger partial charge < -0.3 is 10.6 Å². The van der Waals surface area contributed by atoms with Crippen molar-refractivity contribution in [2.24, 2.45) is 23.5 Å². The molecule has 2 bridgehead atoms. The predicted octanol–water partition coefficient (Wildman–Crippen LogP) is 3.01. The van der Waals surface area contributed by atoms with Crippen molar-refractivity contribution in [2.75, 3.05) is 7.05 Å². The molecule has 1 aliphatic carbocycles. The average Bonchev–Trinajstić information content (AvgIpc) is 2.62. The van der Waals surface area contributed by atoms with Gasteiger partial charge in [-0.3, -0.25) is 0 Å². The molecule has 0 amide bonds. The zero-order valence-electron chi connectivity index (χ0n) is 12.1. The molecular formula is C16H30N2. The van der Waals surface area contributed by atoms with Crippen LogP contribution < -0.4 is 5.73 Å². The van der Waals surface area contributed by atoms with Gasteiger partial charge in [0, 0.05) is 18.1 Å². The van der Waals surface area contributed by atoms with Crippen LogP contribution in [0.25, 0.3) is 0 Å². The lowest BCUT2D eigenvalue weighted by molar-refractivity contribution is 0.0960. The maximum Gasteiger partial charge on any atom is 0.00989 e. The van der Waals surface area contributed by atoms with Gasteiger partial charge in [-0.15, -0.1) is 0 Å². The maximum absolute atomic E-state index is 6.65. The van der Waals surface area contributed by atoms with E-state index in [4.69, 9.17) is 5.73 Å². The van der Waals surface area contributed by atoms with E-state index in [1.807, 2.05) is 0 Å². The van der Waals surface area contributed by atoms with E-state index in [0.29, 0.717) is 6.04 Å². The van der Waals surface area contributed by atoms with Crippen molar-refractivity contribution >= 4 is 0 Å². The van der Waals surface area contributed by atoms with Gasteiger partial charge >= 0.3 is 0 Å². The monoisotopic (exact) mass is 250 g/mol. The van der Waals surface area contributed by atoms with Crippen LogP contribution in [0.2, 0.25) is 0 Å². The highest BCUT2D eigenvalue weighted by molar-refractivity contribution is 4.97. The number of rotatable bonds is 2. The van der Waals surface area contributed by atoms with Gasteiger partial charge in [-0.05, 0) is 63.3 Å². The first kappa shape index (κ1) is 12.9. The smallest absolute Gasteiger partial charge is 0.00989 e. The topological polar surface area (TPSA) is 29.3 Å². The predicted molar refractivity (Wildman–Crippen MR) is 76.4 cm³/mol. The van der Waals surface area contributed by atoms with E-state index in [9.17, 15) is 0 Å². The van der Waals surface area contributed by atoms with Crippen LogP contribution in [0.1, 0.15) is 58.3 Å². The summed E-state index contributed by atoms with van der Waals surface area (Å²) in [7, 11) is 2.33. The summed E-state index contributed by atoms with van der Waals surface area (Å²) in [6.45, 7) is 2.40. The van der Waals surface area contributed by atoms with Gasteiger partial charge in [0.15, 0.2) is 0 Å². The zero-order valence-corrected chi connectivity index (χ0v) is 12.1. The highest BCUT2D eigenvalue weighted by Crippen LogP contribution is 2.41. The molecule has 0 aromatic carbocycles. The van der Waals surface area contributed by atoms with E-state index in [-0.39, 0.29) is 0 Å². The molecule has 2 nitrogen and oxygen atoms in total. The molecule has 3 fully saturated rings. The van der Waals surface area contributed by atoms with Crippen molar-refractivity contribution < 1.29 is 0 Å². The largest absolute Gasteiger partial charge is 0.327 e. The van der Waals surface area contributed by atoms with Crippen LogP contribution in [-0.2, 0) is 0 Å². The summed E-state index contributed by atoms with van der Waals surface area (Å²) in [6.07, 6.45) is 11.2. The van der Waals surface area contributed by atoms with Gasteiger partial charge in [0.2, 0.25) is 0 Å². The Bertz CT molecular complexity index is 269. The van der Waals surface area contributed by atoms with Gasteiger partial charge in [0.25, 0.3) is 0 Å². The molecule has 0 aromatic heterocycles. The minimum absolute atomic E-state index is 0.495. The second-order valence-corrected chi connectivity index (χ2v) is 7.38. The molecule has 3 unspecified atom stereocenters. The van der Waals surface area contributed by atoms with E-state index in [1.165, 1.54) is 51.4 Å². The molecule has 2 heteroatoms. The Labute approximate surface area is 112 Å². The van der Waals surface area contributed by atoms with Crippen molar-refractivity contribution in [2.45, 2.75) is 76.4 Å².